The summed E-state index contributed by atoms with van der Waals surface area (Å²) in [6.07, 6.45) is 0. The molecule has 0 spiro atoms. The minimum atomic E-state index is -0.371. The predicted octanol–water partition coefficient (Wildman–Crippen LogP) is 2.62. The molecule has 2 atom stereocenters. The molecule has 2 rings (SSSR count). The van der Waals surface area contributed by atoms with E-state index in [1.165, 1.54) is 0 Å². The van der Waals surface area contributed by atoms with Gasteiger partial charge in [-0.3, -0.25) is 4.79 Å². The number of carbonyl (C=O) groups is 2. The van der Waals surface area contributed by atoms with Crippen LogP contribution in [0.1, 0.15) is 39.2 Å². The normalized spacial score (nSPS) is 18.5. The highest BCUT2D eigenvalue weighted by Crippen LogP contribution is 2.43. The monoisotopic (exact) mass is 421 g/mol. The first-order chi connectivity index (χ1) is 14.2. The van der Waals surface area contributed by atoms with Gasteiger partial charge in [-0.05, 0) is 37.5 Å². The maximum absolute atomic E-state index is 13.0. The number of hydrogen-bond donors (Lipinski definition) is 2. The first kappa shape index (κ1) is 23.6. The highest BCUT2D eigenvalue weighted by molar-refractivity contribution is 5.83. The number of urea groups is 1. The fraction of sp³-hybridized carbons (Fsp3) is 0.636. The van der Waals surface area contributed by atoms with E-state index < -0.39 is 0 Å². The van der Waals surface area contributed by atoms with Crippen LogP contribution in [0.2, 0.25) is 0 Å². The zero-order valence-corrected chi connectivity index (χ0v) is 19.1. The zero-order valence-electron chi connectivity index (χ0n) is 19.1. The van der Waals surface area contributed by atoms with Gasteiger partial charge in [0.25, 0.3) is 0 Å². The van der Waals surface area contributed by atoms with Crippen molar-refractivity contribution in [3.63, 3.8) is 0 Å². The lowest BCUT2D eigenvalue weighted by molar-refractivity contribution is -0.125. The third-order valence-corrected chi connectivity index (χ3v) is 5.16. The van der Waals surface area contributed by atoms with Crippen LogP contribution in [0.15, 0.2) is 12.1 Å². The summed E-state index contributed by atoms with van der Waals surface area (Å²) in [4.78, 5) is 27.3. The fourth-order valence-corrected chi connectivity index (χ4v) is 3.66. The van der Waals surface area contributed by atoms with Gasteiger partial charge >= 0.3 is 6.03 Å². The van der Waals surface area contributed by atoms with Crippen molar-refractivity contribution < 1.29 is 23.8 Å². The van der Waals surface area contributed by atoms with Crippen LogP contribution < -0.4 is 24.8 Å². The molecule has 0 aliphatic carbocycles. The maximum atomic E-state index is 13.0. The minimum absolute atomic E-state index is 0.0194. The molecule has 0 radical (unpaired) electrons. The van der Waals surface area contributed by atoms with Gasteiger partial charge in [0.1, 0.15) is 0 Å². The molecule has 0 saturated carbocycles. The number of benzene rings is 1. The van der Waals surface area contributed by atoms with Gasteiger partial charge in [0.2, 0.25) is 11.7 Å². The number of carbonyl (C=O) groups excluding carboxylic acids is 2. The molecular weight excluding hydrogens is 386 g/mol. The lowest BCUT2D eigenvalue weighted by Crippen LogP contribution is -2.42. The number of methoxy groups -OCH3 is 3. The van der Waals surface area contributed by atoms with E-state index >= 15 is 0 Å². The number of nitrogens with zero attached hydrogens (tertiary/aromatic N) is 1. The Kier molecular flexibility index (Phi) is 8.20. The van der Waals surface area contributed by atoms with E-state index in [1.54, 1.807) is 26.2 Å². The van der Waals surface area contributed by atoms with E-state index in [4.69, 9.17) is 14.2 Å². The topological polar surface area (TPSA) is 89.1 Å². The second-order valence-electron chi connectivity index (χ2n) is 8.32. The predicted molar refractivity (Wildman–Crippen MR) is 115 cm³/mol. The van der Waals surface area contributed by atoms with Crippen LogP contribution in [-0.4, -0.2) is 63.8 Å². The largest absolute Gasteiger partial charge is 0.493 e. The van der Waals surface area contributed by atoms with E-state index in [9.17, 15) is 9.59 Å². The van der Waals surface area contributed by atoms with Gasteiger partial charge in [-0.2, -0.15) is 0 Å². The zero-order chi connectivity index (χ0) is 22.4. The third-order valence-electron chi connectivity index (χ3n) is 5.16. The summed E-state index contributed by atoms with van der Waals surface area (Å²) in [6.45, 7) is 9.30. The van der Waals surface area contributed by atoms with Gasteiger partial charge in [0.15, 0.2) is 11.5 Å². The molecule has 0 unspecified atom stereocenters. The molecule has 8 heteroatoms. The Morgan fingerprint density at radius 3 is 2.10 bits per heavy atom. The number of nitrogens with one attached hydrogen (secondary N) is 2. The summed E-state index contributed by atoms with van der Waals surface area (Å²) in [5, 5.41) is 5.93. The Balaban J connectivity index is 2.39. The summed E-state index contributed by atoms with van der Waals surface area (Å²) in [5.41, 5.74) is 0.869. The van der Waals surface area contributed by atoms with E-state index in [1.807, 2.05) is 39.8 Å². The van der Waals surface area contributed by atoms with Crippen LogP contribution in [0.25, 0.3) is 0 Å². The molecule has 0 bridgehead atoms. The number of hydrogen-bond acceptors (Lipinski definition) is 5. The van der Waals surface area contributed by atoms with Crippen LogP contribution >= 0.6 is 0 Å². The van der Waals surface area contributed by atoms with Gasteiger partial charge < -0.3 is 29.7 Å². The fourth-order valence-electron chi connectivity index (χ4n) is 3.66. The van der Waals surface area contributed by atoms with E-state index in [0.717, 1.165) is 5.56 Å². The first-order valence-corrected chi connectivity index (χ1v) is 10.3. The van der Waals surface area contributed by atoms with Crippen LogP contribution in [0.3, 0.4) is 0 Å². The summed E-state index contributed by atoms with van der Waals surface area (Å²) in [6, 6.07) is 3.57. The van der Waals surface area contributed by atoms with E-state index in [-0.39, 0.29) is 29.8 Å². The van der Waals surface area contributed by atoms with Gasteiger partial charge in [-0.1, -0.05) is 13.8 Å². The van der Waals surface area contributed by atoms with Gasteiger partial charge in [-0.25, -0.2) is 4.79 Å². The Hall–Kier alpha value is -2.64. The number of ether oxygens (including phenoxy) is 3. The van der Waals surface area contributed by atoms with Crippen molar-refractivity contribution in [2.45, 2.75) is 39.7 Å². The summed E-state index contributed by atoms with van der Waals surface area (Å²) < 4.78 is 16.4. The number of likely N-dealkylation sites (tertiary alicyclic amines) is 1. The lowest BCUT2D eigenvalue weighted by Gasteiger charge is -2.21. The average molecular weight is 422 g/mol. The summed E-state index contributed by atoms with van der Waals surface area (Å²) in [7, 11) is 4.67. The van der Waals surface area contributed by atoms with Crippen LogP contribution in [0.4, 0.5) is 4.79 Å². The molecule has 1 heterocycles. The molecule has 1 aliphatic heterocycles. The third kappa shape index (κ3) is 5.49. The summed E-state index contributed by atoms with van der Waals surface area (Å²) in [5.74, 6) is 1.28. The van der Waals surface area contributed by atoms with Gasteiger partial charge in [-0.15, -0.1) is 0 Å². The van der Waals surface area contributed by atoms with Gasteiger partial charge in [0, 0.05) is 31.6 Å². The SMILES string of the molecule is COc1cc([C@@H]2CN(C(=O)NC(C)C)C[C@@H]2C(=O)NCC(C)C)cc(OC)c1OC. The van der Waals surface area contributed by atoms with Crippen molar-refractivity contribution >= 4 is 11.9 Å². The molecule has 1 aromatic carbocycles. The molecule has 1 saturated heterocycles. The smallest absolute Gasteiger partial charge is 0.317 e. The Morgan fingerprint density at radius 1 is 1.03 bits per heavy atom. The Morgan fingerprint density at radius 2 is 1.63 bits per heavy atom. The molecular formula is C22H35N3O5. The second-order valence-corrected chi connectivity index (χ2v) is 8.32. The summed E-state index contributed by atoms with van der Waals surface area (Å²) >= 11 is 0. The maximum Gasteiger partial charge on any atom is 0.317 e. The minimum Gasteiger partial charge on any atom is -0.493 e. The van der Waals surface area contributed by atoms with Crippen LogP contribution in [0.5, 0.6) is 17.2 Å². The molecule has 1 aliphatic rings. The first-order valence-electron chi connectivity index (χ1n) is 10.3. The van der Waals surface area contributed by atoms with Gasteiger partial charge in [0.05, 0.1) is 27.2 Å². The van der Waals surface area contributed by atoms with Crippen molar-refractivity contribution in [1.29, 1.82) is 0 Å². The lowest BCUT2D eigenvalue weighted by atomic mass is 9.87. The Bertz CT molecular complexity index is 725. The molecule has 1 fully saturated rings. The standard InChI is InChI=1S/C22H35N3O5/c1-13(2)10-23-21(26)17-12-25(22(27)24-14(3)4)11-16(17)15-8-18(28-5)20(30-7)19(9-15)29-6/h8-9,13-14,16-17H,10-12H2,1-7H3,(H,23,26)(H,24,27)/t16-,17-/m0/s1. The van der Waals surface area contributed by atoms with Crippen LogP contribution in [0, 0.1) is 11.8 Å². The molecule has 168 valence electrons. The highest BCUT2D eigenvalue weighted by Gasteiger charge is 2.41. The quantitative estimate of drug-likeness (QED) is 0.674. The molecule has 3 amide bonds. The molecule has 30 heavy (non-hydrogen) atoms. The van der Waals surface area contributed by atoms with Crippen molar-refractivity contribution in [3.8, 4) is 17.2 Å². The molecule has 2 N–H and O–H groups in total. The highest BCUT2D eigenvalue weighted by atomic mass is 16.5. The van der Waals surface area contributed by atoms with Crippen molar-refractivity contribution in [3.05, 3.63) is 17.7 Å². The Labute approximate surface area is 179 Å². The van der Waals surface area contributed by atoms with Crippen molar-refractivity contribution in [1.82, 2.24) is 15.5 Å². The molecule has 8 nitrogen and oxygen atoms in total. The molecule has 0 aromatic heterocycles. The number of rotatable bonds is 8. The average Bonchev–Trinajstić information content (AvgIpc) is 3.16. The molecule has 1 aromatic rings. The number of amides is 3. The second kappa shape index (κ2) is 10.4. The van der Waals surface area contributed by atoms with E-state index in [0.29, 0.717) is 42.8 Å². The van der Waals surface area contributed by atoms with Crippen LogP contribution in [-0.2, 0) is 4.79 Å². The van der Waals surface area contributed by atoms with Crippen molar-refractivity contribution in [2.75, 3.05) is 41.0 Å². The van der Waals surface area contributed by atoms with E-state index in [2.05, 4.69) is 10.6 Å². The van der Waals surface area contributed by atoms with Crippen molar-refractivity contribution in [2.24, 2.45) is 11.8 Å².